The predicted molar refractivity (Wildman–Crippen MR) is 74.5 cm³/mol. The number of aliphatic hydroxyl groups excluding tert-OH is 1. The van der Waals surface area contributed by atoms with Gasteiger partial charge in [0.1, 0.15) is 23.7 Å². The number of rotatable bonds is 5. The Kier molecular flexibility index (Phi) is 4.42. The highest BCUT2D eigenvalue weighted by molar-refractivity contribution is 5.35. The molecule has 2 unspecified atom stereocenters. The van der Waals surface area contributed by atoms with Gasteiger partial charge in [0.2, 0.25) is 0 Å². The van der Waals surface area contributed by atoms with E-state index in [1.165, 1.54) is 0 Å². The van der Waals surface area contributed by atoms with Gasteiger partial charge < -0.3 is 14.6 Å². The zero-order chi connectivity index (χ0) is 13.7. The molecule has 2 atom stereocenters. The van der Waals surface area contributed by atoms with Crippen LogP contribution < -0.4 is 9.47 Å². The van der Waals surface area contributed by atoms with Crippen molar-refractivity contribution in [1.29, 1.82) is 0 Å². The minimum Gasteiger partial charge on any atom is -0.496 e. The van der Waals surface area contributed by atoms with Crippen molar-refractivity contribution in [2.24, 2.45) is 0 Å². The summed E-state index contributed by atoms with van der Waals surface area (Å²) in [5.74, 6) is 1.41. The topological polar surface area (TPSA) is 38.7 Å². The number of aliphatic hydroxyl groups is 1. The van der Waals surface area contributed by atoms with Crippen LogP contribution in [0.3, 0.4) is 0 Å². The summed E-state index contributed by atoms with van der Waals surface area (Å²) in [5, 5.41) is 10.4. The number of hydrogen-bond acceptors (Lipinski definition) is 3. The molecule has 0 radical (unpaired) electrons. The molecule has 0 bridgehead atoms. The molecule has 100 valence electrons. The third kappa shape index (κ3) is 3.26. The first-order valence-corrected chi connectivity index (χ1v) is 6.25. The van der Waals surface area contributed by atoms with E-state index in [1.54, 1.807) is 7.11 Å². The van der Waals surface area contributed by atoms with Crippen LogP contribution in [0.2, 0.25) is 0 Å². The standard InChI is InChI=1S/C16H18O3/c1-12(19-13-8-4-3-5-9-13)16(17)14-10-6-7-11-15(14)18-2/h3-12,16-17H,1-2H3. The van der Waals surface area contributed by atoms with E-state index in [2.05, 4.69) is 0 Å². The second-order valence-corrected chi connectivity index (χ2v) is 4.32. The van der Waals surface area contributed by atoms with Gasteiger partial charge in [-0.05, 0) is 25.1 Å². The van der Waals surface area contributed by atoms with E-state index in [0.29, 0.717) is 5.75 Å². The van der Waals surface area contributed by atoms with Crippen LogP contribution in [0.15, 0.2) is 54.6 Å². The minimum atomic E-state index is -0.739. The van der Waals surface area contributed by atoms with Crippen LogP contribution in [0.4, 0.5) is 0 Å². The molecule has 3 nitrogen and oxygen atoms in total. The van der Waals surface area contributed by atoms with Gasteiger partial charge >= 0.3 is 0 Å². The van der Waals surface area contributed by atoms with E-state index in [9.17, 15) is 5.11 Å². The van der Waals surface area contributed by atoms with Gasteiger partial charge in [-0.1, -0.05) is 36.4 Å². The summed E-state index contributed by atoms with van der Waals surface area (Å²) in [7, 11) is 1.59. The molecule has 2 rings (SSSR count). The Hall–Kier alpha value is -2.00. The molecule has 0 amide bonds. The third-order valence-corrected chi connectivity index (χ3v) is 2.97. The summed E-state index contributed by atoms with van der Waals surface area (Å²) >= 11 is 0. The fraction of sp³-hybridized carbons (Fsp3) is 0.250. The molecule has 0 aromatic heterocycles. The maximum absolute atomic E-state index is 10.4. The first-order valence-electron chi connectivity index (χ1n) is 6.25. The lowest BCUT2D eigenvalue weighted by molar-refractivity contribution is 0.0451. The number of hydrogen-bond donors (Lipinski definition) is 1. The van der Waals surface area contributed by atoms with Crippen molar-refractivity contribution in [1.82, 2.24) is 0 Å². The molecule has 2 aromatic rings. The van der Waals surface area contributed by atoms with Gasteiger partial charge in [0.25, 0.3) is 0 Å². The average Bonchev–Trinajstić information content (AvgIpc) is 2.47. The Bertz CT molecular complexity index is 510. The molecule has 19 heavy (non-hydrogen) atoms. The number of ether oxygens (including phenoxy) is 2. The molecule has 0 aliphatic heterocycles. The smallest absolute Gasteiger partial charge is 0.126 e. The first kappa shape index (κ1) is 13.4. The van der Waals surface area contributed by atoms with E-state index >= 15 is 0 Å². The monoisotopic (exact) mass is 258 g/mol. The quantitative estimate of drug-likeness (QED) is 0.895. The van der Waals surface area contributed by atoms with E-state index in [-0.39, 0.29) is 6.10 Å². The van der Waals surface area contributed by atoms with Gasteiger partial charge in [-0.15, -0.1) is 0 Å². The Morgan fingerprint density at radius 2 is 1.58 bits per heavy atom. The maximum atomic E-state index is 10.4. The predicted octanol–water partition coefficient (Wildman–Crippen LogP) is 3.20. The largest absolute Gasteiger partial charge is 0.496 e. The summed E-state index contributed by atoms with van der Waals surface area (Å²) in [6, 6.07) is 16.9. The number of para-hydroxylation sites is 2. The van der Waals surface area contributed by atoms with Crippen molar-refractivity contribution in [2.75, 3.05) is 7.11 Å². The van der Waals surface area contributed by atoms with Crippen LogP contribution in [0, 0.1) is 0 Å². The van der Waals surface area contributed by atoms with Crippen LogP contribution in [-0.2, 0) is 0 Å². The molecular formula is C16H18O3. The summed E-state index contributed by atoms with van der Waals surface area (Å²) in [5.41, 5.74) is 0.730. The molecule has 3 heteroatoms. The highest BCUT2D eigenvalue weighted by Gasteiger charge is 2.21. The van der Waals surface area contributed by atoms with Gasteiger partial charge in [-0.3, -0.25) is 0 Å². The second kappa shape index (κ2) is 6.25. The third-order valence-electron chi connectivity index (χ3n) is 2.97. The highest BCUT2D eigenvalue weighted by Crippen LogP contribution is 2.28. The molecule has 0 fully saturated rings. The zero-order valence-electron chi connectivity index (χ0n) is 11.1. The summed E-state index contributed by atoms with van der Waals surface area (Å²) < 4.78 is 11.0. The molecule has 0 aliphatic carbocycles. The molecule has 0 saturated heterocycles. The van der Waals surface area contributed by atoms with Crippen LogP contribution in [0.25, 0.3) is 0 Å². The fourth-order valence-corrected chi connectivity index (χ4v) is 1.94. The Morgan fingerprint density at radius 1 is 0.947 bits per heavy atom. The van der Waals surface area contributed by atoms with Crippen molar-refractivity contribution in [2.45, 2.75) is 19.1 Å². The van der Waals surface area contributed by atoms with Crippen LogP contribution in [0.1, 0.15) is 18.6 Å². The molecule has 0 saturated carbocycles. The van der Waals surface area contributed by atoms with E-state index in [1.807, 2.05) is 61.5 Å². The lowest BCUT2D eigenvalue weighted by Gasteiger charge is -2.22. The number of benzene rings is 2. The summed E-state index contributed by atoms with van der Waals surface area (Å²) in [6.07, 6.45) is -1.10. The lowest BCUT2D eigenvalue weighted by Crippen LogP contribution is -2.22. The lowest BCUT2D eigenvalue weighted by atomic mass is 10.0. The fourth-order valence-electron chi connectivity index (χ4n) is 1.94. The van der Waals surface area contributed by atoms with Crippen molar-refractivity contribution in [3.63, 3.8) is 0 Å². The van der Waals surface area contributed by atoms with Gasteiger partial charge in [-0.2, -0.15) is 0 Å². The molecule has 1 N–H and O–H groups in total. The van der Waals surface area contributed by atoms with Crippen molar-refractivity contribution in [3.8, 4) is 11.5 Å². The minimum absolute atomic E-state index is 0.362. The first-order chi connectivity index (χ1) is 9.22. The van der Waals surface area contributed by atoms with Gasteiger partial charge in [0, 0.05) is 5.56 Å². The molecule has 0 spiro atoms. The second-order valence-electron chi connectivity index (χ2n) is 4.32. The zero-order valence-corrected chi connectivity index (χ0v) is 11.1. The van der Waals surface area contributed by atoms with E-state index in [0.717, 1.165) is 11.3 Å². The summed E-state index contributed by atoms with van der Waals surface area (Å²) in [6.45, 7) is 1.84. The van der Waals surface area contributed by atoms with Crippen LogP contribution >= 0.6 is 0 Å². The van der Waals surface area contributed by atoms with Crippen molar-refractivity contribution < 1.29 is 14.6 Å². The Balaban J connectivity index is 2.12. The SMILES string of the molecule is COc1ccccc1C(O)C(C)Oc1ccccc1. The van der Waals surface area contributed by atoms with Crippen molar-refractivity contribution in [3.05, 3.63) is 60.2 Å². The summed E-state index contributed by atoms with van der Waals surface area (Å²) in [4.78, 5) is 0. The normalized spacial score (nSPS) is 13.6. The maximum Gasteiger partial charge on any atom is 0.126 e. The average molecular weight is 258 g/mol. The van der Waals surface area contributed by atoms with Crippen molar-refractivity contribution >= 4 is 0 Å². The Morgan fingerprint density at radius 3 is 2.26 bits per heavy atom. The van der Waals surface area contributed by atoms with Crippen LogP contribution in [0.5, 0.6) is 11.5 Å². The Labute approximate surface area is 113 Å². The molecule has 0 aliphatic rings. The molecule has 2 aromatic carbocycles. The molecule has 0 heterocycles. The van der Waals surface area contributed by atoms with E-state index in [4.69, 9.17) is 9.47 Å². The molecular weight excluding hydrogens is 240 g/mol. The van der Waals surface area contributed by atoms with E-state index < -0.39 is 6.10 Å². The van der Waals surface area contributed by atoms with Gasteiger partial charge in [-0.25, -0.2) is 0 Å². The van der Waals surface area contributed by atoms with Crippen LogP contribution in [-0.4, -0.2) is 18.3 Å². The van der Waals surface area contributed by atoms with Gasteiger partial charge in [0.05, 0.1) is 7.11 Å². The number of methoxy groups -OCH3 is 1. The van der Waals surface area contributed by atoms with Gasteiger partial charge in [0.15, 0.2) is 0 Å². The highest BCUT2D eigenvalue weighted by atomic mass is 16.5.